The van der Waals surface area contributed by atoms with Crippen molar-refractivity contribution < 1.29 is 14.3 Å². The number of benzene rings is 2. The third-order valence-corrected chi connectivity index (χ3v) is 6.94. The second kappa shape index (κ2) is 9.43. The first kappa shape index (κ1) is 21.8. The van der Waals surface area contributed by atoms with Gasteiger partial charge in [-0.2, -0.15) is 0 Å². The average Bonchev–Trinajstić information content (AvgIpc) is 3.22. The van der Waals surface area contributed by atoms with E-state index in [0.29, 0.717) is 5.92 Å². The van der Waals surface area contributed by atoms with E-state index in [9.17, 15) is 4.79 Å². The van der Waals surface area contributed by atoms with Crippen LogP contribution in [-0.4, -0.2) is 66.9 Å². The monoisotopic (exact) mass is 448 g/mol. The van der Waals surface area contributed by atoms with E-state index in [1.165, 1.54) is 16.8 Å². The first-order valence-electron chi connectivity index (χ1n) is 11.8. The molecule has 3 heterocycles. The van der Waals surface area contributed by atoms with Crippen LogP contribution in [0.1, 0.15) is 37.1 Å². The van der Waals surface area contributed by atoms with Crippen molar-refractivity contribution in [2.45, 2.75) is 32.2 Å². The maximum absolute atomic E-state index is 11.7. The summed E-state index contributed by atoms with van der Waals surface area (Å²) in [7, 11) is 1.69. The first-order valence-corrected chi connectivity index (χ1v) is 11.8. The summed E-state index contributed by atoms with van der Waals surface area (Å²) in [5.74, 6) is 2.59. The third kappa shape index (κ3) is 4.55. The van der Waals surface area contributed by atoms with Gasteiger partial charge in [-0.15, -0.1) is 0 Å². The van der Waals surface area contributed by atoms with E-state index in [2.05, 4.69) is 39.8 Å². The number of carbonyl (C=O) groups excluding carboxylic acids is 1. The summed E-state index contributed by atoms with van der Waals surface area (Å²) in [5, 5.41) is 0. The van der Waals surface area contributed by atoms with Crippen LogP contribution in [0.4, 0.5) is 5.69 Å². The Morgan fingerprint density at radius 1 is 1.06 bits per heavy atom. The normalized spacial score (nSPS) is 17.5. The lowest BCUT2D eigenvalue weighted by Gasteiger charge is -2.35. The molecule has 0 aliphatic carbocycles. The summed E-state index contributed by atoms with van der Waals surface area (Å²) in [6, 6.07) is 14.9. The zero-order valence-electron chi connectivity index (χ0n) is 19.5. The highest BCUT2D eigenvalue weighted by Crippen LogP contribution is 2.32. The molecule has 2 fully saturated rings. The molecule has 0 N–H and O–H groups in total. The van der Waals surface area contributed by atoms with Gasteiger partial charge in [-0.1, -0.05) is 12.1 Å². The summed E-state index contributed by atoms with van der Waals surface area (Å²) in [4.78, 5) is 21.1. The van der Waals surface area contributed by atoms with Crippen LogP contribution in [0.5, 0.6) is 5.75 Å². The number of hydrogen-bond acceptors (Lipinski definition) is 5. The van der Waals surface area contributed by atoms with Crippen LogP contribution in [0, 0.1) is 0 Å². The number of anilines is 1. The van der Waals surface area contributed by atoms with E-state index in [-0.39, 0.29) is 5.91 Å². The van der Waals surface area contributed by atoms with Crippen molar-refractivity contribution >= 4 is 22.6 Å². The quantitative estimate of drug-likeness (QED) is 0.596. The van der Waals surface area contributed by atoms with Crippen LogP contribution < -0.4 is 9.64 Å². The lowest BCUT2D eigenvalue weighted by atomic mass is 9.99. The Kier molecular flexibility index (Phi) is 6.22. The summed E-state index contributed by atoms with van der Waals surface area (Å²) >= 11 is 0. The fourth-order valence-electron chi connectivity index (χ4n) is 4.95. The van der Waals surface area contributed by atoms with Crippen LogP contribution in [0.15, 0.2) is 42.5 Å². The minimum Gasteiger partial charge on any atom is -0.497 e. The molecule has 3 aromatic rings. The molecular formula is C26H32N4O3. The molecule has 33 heavy (non-hydrogen) atoms. The molecular weight excluding hydrogens is 416 g/mol. The van der Waals surface area contributed by atoms with Crippen LogP contribution in [0.2, 0.25) is 0 Å². The molecule has 1 amide bonds. The largest absolute Gasteiger partial charge is 0.497 e. The van der Waals surface area contributed by atoms with Crippen LogP contribution in [0.3, 0.4) is 0 Å². The average molecular weight is 449 g/mol. The Bertz CT molecular complexity index is 1110. The number of nitrogens with zero attached hydrogens (tertiary/aromatic N) is 4. The highest BCUT2D eigenvalue weighted by atomic mass is 16.5. The number of piperazine rings is 1. The molecule has 0 saturated carbocycles. The van der Waals surface area contributed by atoms with Crippen molar-refractivity contribution in [2.75, 3.05) is 51.4 Å². The van der Waals surface area contributed by atoms with E-state index in [1.54, 1.807) is 14.0 Å². The number of amides is 1. The fraction of sp³-hybridized carbons (Fsp3) is 0.462. The second-order valence-electron chi connectivity index (χ2n) is 8.96. The van der Waals surface area contributed by atoms with Crippen molar-refractivity contribution in [3.63, 3.8) is 0 Å². The molecule has 7 heteroatoms. The summed E-state index contributed by atoms with van der Waals surface area (Å²) < 4.78 is 13.3. The van der Waals surface area contributed by atoms with E-state index < -0.39 is 0 Å². The number of imidazole rings is 1. The van der Waals surface area contributed by atoms with Crippen molar-refractivity contribution in [3.8, 4) is 5.75 Å². The summed E-state index contributed by atoms with van der Waals surface area (Å²) in [6.07, 6.45) is 2.01. The minimum atomic E-state index is 0.156. The number of fused-ring (bicyclic) bond motifs is 1. The van der Waals surface area contributed by atoms with Crippen LogP contribution >= 0.6 is 0 Å². The van der Waals surface area contributed by atoms with Gasteiger partial charge in [0.2, 0.25) is 5.91 Å². The number of hydrogen-bond donors (Lipinski definition) is 0. The Morgan fingerprint density at radius 2 is 1.79 bits per heavy atom. The highest BCUT2D eigenvalue weighted by Gasteiger charge is 2.24. The van der Waals surface area contributed by atoms with Crippen molar-refractivity contribution in [1.29, 1.82) is 0 Å². The predicted molar refractivity (Wildman–Crippen MR) is 129 cm³/mol. The van der Waals surface area contributed by atoms with Crippen LogP contribution in [0.25, 0.3) is 11.0 Å². The predicted octanol–water partition coefficient (Wildman–Crippen LogP) is 3.66. The van der Waals surface area contributed by atoms with E-state index in [0.717, 1.165) is 75.9 Å². The Labute approximate surface area is 194 Å². The molecule has 2 aromatic carbocycles. The highest BCUT2D eigenvalue weighted by molar-refractivity contribution is 5.81. The molecule has 2 saturated heterocycles. The molecule has 1 aromatic heterocycles. The molecule has 0 spiro atoms. The van der Waals surface area contributed by atoms with Gasteiger partial charge in [-0.3, -0.25) is 4.79 Å². The van der Waals surface area contributed by atoms with E-state index in [4.69, 9.17) is 14.5 Å². The van der Waals surface area contributed by atoms with Gasteiger partial charge in [0, 0.05) is 64.5 Å². The first-order chi connectivity index (χ1) is 16.1. The fourth-order valence-corrected chi connectivity index (χ4v) is 4.95. The standard InChI is InChI=1S/C26H32N4O3/c1-19(31)28-11-13-29(14-12-28)22-5-8-24-25(17-22)30(18-20-3-6-23(32-2)7-4-20)26(27-24)21-9-15-33-16-10-21/h3-8,17,21H,9-16,18H2,1-2H3. The molecule has 174 valence electrons. The molecule has 2 aliphatic rings. The molecule has 0 atom stereocenters. The van der Waals surface area contributed by atoms with Gasteiger partial charge in [-0.25, -0.2) is 4.98 Å². The molecule has 2 aliphatic heterocycles. The smallest absolute Gasteiger partial charge is 0.219 e. The molecule has 5 rings (SSSR count). The SMILES string of the molecule is COc1ccc(Cn2c(C3CCOCC3)nc3ccc(N4CCN(C(C)=O)CC4)cc32)cc1. The number of ether oxygens (including phenoxy) is 2. The van der Waals surface area contributed by atoms with Gasteiger partial charge in [0.1, 0.15) is 11.6 Å². The number of rotatable bonds is 5. The number of methoxy groups -OCH3 is 1. The van der Waals surface area contributed by atoms with Gasteiger partial charge in [-0.05, 0) is 48.7 Å². The van der Waals surface area contributed by atoms with Crippen molar-refractivity contribution in [2.24, 2.45) is 0 Å². The minimum absolute atomic E-state index is 0.156. The zero-order chi connectivity index (χ0) is 22.8. The molecule has 7 nitrogen and oxygen atoms in total. The second-order valence-corrected chi connectivity index (χ2v) is 8.96. The molecule has 0 radical (unpaired) electrons. The van der Waals surface area contributed by atoms with Gasteiger partial charge >= 0.3 is 0 Å². The third-order valence-electron chi connectivity index (χ3n) is 6.94. The van der Waals surface area contributed by atoms with Crippen molar-refractivity contribution in [3.05, 3.63) is 53.9 Å². The maximum Gasteiger partial charge on any atom is 0.219 e. The Morgan fingerprint density at radius 3 is 2.45 bits per heavy atom. The summed E-state index contributed by atoms with van der Waals surface area (Å²) in [5.41, 5.74) is 4.62. The lowest BCUT2D eigenvalue weighted by Crippen LogP contribution is -2.48. The van der Waals surface area contributed by atoms with Crippen LogP contribution in [-0.2, 0) is 16.1 Å². The van der Waals surface area contributed by atoms with Crippen molar-refractivity contribution in [1.82, 2.24) is 14.5 Å². The lowest BCUT2D eigenvalue weighted by molar-refractivity contribution is -0.129. The maximum atomic E-state index is 11.7. The molecule has 0 bridgehead atoms. The Balaban J connectivity index is 1.49. The Hall–Kier alpha value is -3.06. The van der Waals surface area contributed by atoms with Gasteiger partial charge < -0.3 is 23.8 Å². The van der Waals surface area contributed by atoms with E-state index >= 15 is 0 Å². The topological polar surface area (TPSA) is 59.8 Å². The van der Waals surface area contributed by atoms with Gasteiger partial charge in [0.05, 0.1) is 18.1 Å². The number of carbonyl (C=O) groups is 1. The zero-order valence-corrected chi connectivity index (χ0v) is 19.5. The summed E-state index contributed by atoms with van der Waals surface area (Å²) in [6.45, 7) is 7.25. The number of aromatic nitrogens is 2. The van der Waals surface area contributed by atoms with Gasteiger partial charge in [0.25, 0.3) is 0 Å². The van der Waals surface area contributed by atoms with Gasteiger partial charge in [0.15, 0.2) is 0 Å². The van der Waals surface area contributed by atoms with E-state index in [1.807, 2.05) is 17.0 Å². The molecule has 0 unspecified atom stereocenters.